The fourth-order valence-electron chi connectivity index (χ4n) is 2.57. The highest BCUT2D eigenvalue weighted by atomic mass is 32.2. The lowest BCUT2D eigenvalue weighted by molar-refractivity contribution is 0.134. The number of hydrogen-bond acceptors (Lipinski definition) is 4. The maximum absolute atomic E-state index is 12.2. The van der Waals surface area contributed by atoms with Crippen LogP contribution in [0, 0.1) is 5.92 Å². The van der Waals surface area contributed by atoms with Gasteiger partial charge in [0.25, 0.3) is 0 Å². The molecular formula is C12H26N2O3S. The monoisotopic (exact) mass is 278 g/mol. The number of nitrogens with two attached hydrogens (primary N) is 1. The topological polar surface area (TPSA) is 72.6 Å². The number of hydrogen-bond donors (Lipinski definition) is 1. The Labute approximate surface area is 111 Å². The molecule has 6 heteroatoms. The second kappa shape index (κ2) is 6.32. The van der Waals surface area contributed by atoms with Crippen molar-refractivity contribution in [3.63, 3.8) is 0 Å². The van der Waals surface area contributed by atoms with Gasteiger partial charge in [0, 0.05) is 26.2 Å². The first-order chi connectivity index (χ1) is 8.38. The van der Waals surface area contributed by atoms with Crippen LogP contribution in [0.3, 0.4) is 0 Å². The first kappa shape index (κ1) is 15.9. The summed E-state index contributed by atoms with van der Waals surface area (Å²) in [5, 5.41) is 0. The van der Waals surface area contributed by atoms with Crippen molar-refractivity contribution in [2.45, 2.75) is 38.1 Å². The van der Waals surface area contributed by atoms with Gasteiger partial charge in [0.05, 0.1) is 12.4 Å². The van der Waals surface area contributed by atoms with Crippen molar-refractivity contribution in [2.75, 3.05) is 33.1 Å². The standard InChI is InChI=1S/C12H26N2O3S/c1-11-4-6-12(10-13,7-5-11)14(2)18(15,16)9-8-17-3/h11H,4-10,13H2,1-3H3. The van der Waals surface area contributed by atoms with Gasteiger partial charge in [-0.25, -0.2) is 8.42 Å². The molecule has 0 aromatic rings. The van der Waals surface area contributed by atoms with Gasteiger partial charge in [0.1, 0.15) is 0 Å². The van der Waals surface area contributed by atoms with Crippen molar-refractivity contribution < 1.29 is 13.2 Å². The van der Waals surface area contributed by atoms with Gasteiger partial charge >= 0.3 is 0 Å². The van der Waals surface area contributed by atoms with Gasteiger partial charge in [0.15, 0.2) is 0 Å². The average Bonchev–Trinajstić information content (AvgIpc) is 2.37. The number of ether oxygens (including phenoxy) is 1. The fraction of sp³-hybridized carbons (Fsp3) is 1.00. The summed E-state index contributed by atoms with van der Waals surface area (Å²) in [6.07, 6.45) is 3.80. The lowest BCUT2D eigenvalue weighted by Gasteiger charge is -2.44. The third-order valence-corrected chi connectivity index (χ3v) is 6.12. The molecule has 0 radical (unpaired) electrons. The molecule has 0 unspecified atom stereocenters. The summed E-state index contributed by atoms with van der Waals surface area (Å²) in [7, 11) is -0.111. The number of methoxy groups -OCH3 is 1. The van der Waals surface area contributed by atoms with E-state index in [9.17, 15) is 8.42 Å². The quantitative estimate of drug-likeness (QED) is 0.780. The largest absolute Gasteiger partial charge is 0.384 e. The Kier molecular flexibility index (Phi) is 5.58. The SMILES string of the molecule is COCCS(=O)(=O)N(C)C1(CN)CCC(C)CC1. The van der Waals surface area contributed by atoms with E-state index in [1.165, 1.54) is 11.4 Å². The summed E-state index contributed by atoms with van der Waals surface area (Å²) in [6, 6.07) is 0. The molecule has 18 heavy (non-hydrogen) atoms. The molecule has 0 atom stereocenters. The van der Waals surface area contributed by atoms with Gasteiger partial charge in [-0.3, -0.25) is 0 Å². The Morgan fingerprint density at radius 3 is 2.39 bits per heavy atom. The predicted molar refractivity (Wildman–Crippen MR) is 72.8 cm³/mol. The van der Waals surface area contributed by atoms with Gasteiger partial charge in [-0.1, -0.05) is 6.92 Å². The molecule has 1 rings (SSSR count). The summed E-state index contributed by atoms with van der Waals surface area (Å²) in [6.45, 7) is 2.83. The van der Waals surface area contributed by atoms with Gasteiger partial charge in [-0.05, 0) is 31.6 Å². The van der Waals surface area contributed by atoms with Gasteiger partial charge < -0.3 is 10.5 Å². The third kappa shape index (κ3) is 3.44. The van der Waals surface area contributed by atoms with Crippen molar-refractivity contribution in [3.8, 4) is 0 Å². The first-order valence-electron chi connectivity index (χ1n) is 6.54. The van der Waals surface area contributed by atoms with E-state index in [-0.39, 0.29) is 17.9 Å². The molecule has 0 heterocycles. The number of likely N-dealkylation sites (N-methyl/N-ethyl adjacent to an activating group) is 1. The molecule has 2 N–H and O–H groups in total. The van der Waals surface area contributed by atoms with Crippen LogP contribution in [-0.2, 0) is 14.8 Å². The Bertz CT molecular complexity index is 348. The van der Waals surface area contributed by atoms with E-state index in [4.69, 9.17) is 10.5 Å². The van der Waals surface area contributed by atoms with Crippen LogP contribution in [0.15, 0.2) is 0 Å². The molecule has 0 aliphatic heterocycles. The molecule has 0 spiro atoms. The van der Waals surface area contributed by atoms with Gasteiger partial charge in [-0.2, -0.15) is 4.31 Å². The lowest BCUT2D eigenvalue weighted by atomic mass is 9.77. The third-order valence-electron chi connectivity index (χ3n) is 4.22. The minimum absolute atomic E-state index is 0.0251. The second-order valence-corrected chi connectivity index (χ2v) is 7.51. The minimum atomic E-state index is -3.28. The van der Waals surface area contributed by atoms with Crippen LogP contribution in [0.5, 0.6) is 0 Å². The van der Waals surface area contributed by atoms with Crippen LogP contribution >= 0.6 is 0 Å². The molecule has 0 aromatic carbocycles. The molecule has 1 aliphatic carbocycles. The Morgan fingerprint density at radius 2 is 1.94 bits per heavy atom. The summed E-state index contributed by atoms with van der Waals surface area (Å²) in [5.41, 5.74) is 5.48. The fourth-order valence-corrected chi connectivity index (χ4v) is 4.07. The van der Waals surface area contributed by atoms with E-state index in [0.717, 1.165) is 25.7 Å². The van der Waals surface area contributed by atoms with Crippen LogP contribution in [-0.4, -0.2) is 51.3 Å². The molecule has 0 amide bonds. The van der Waals surface area contributed by atoms with Crippen LogP contribution in [0.25, 0.3) is 0 Å². The van der Waals surface area contributed by atoms with Crippen molar-refractivity contribution in [1.82, 2.24) is 4.31 Å². The molecule has 0 saturated heterocycles. The molecule has 1 aliphatic rings. The number of rotatable bonds is 6. The number of sulfonamides is 1. The van der Waals surface area contributed by atoms with Gasteiger partial charge in [0.2, 0.25) is 10.0 Å². The highest BCUT2D eigenvalue weighted by molar-refractivity contribution is 7.89. The second-order valence-electron chi connectivity index (χ2n) is 5.39. The molecule has 0 bridgehead atoms. The van der Waals surface area contributed by atoms with Crippen molar-refractivity contribution >= 4 is 10.0 Å². The zero-order chi connectivity index (χ0) is 13.8. The average molecular weight is 278 g/mol. The Balaban J connectivity index is 2.81. The maximum Gasteiger partial charge on any atom is 0.216 e. The van der Waals surface area contributed by atoms with E-state index < -0.39 is 10.0 Å². The van der Waals surface area contributed by atoms with E-state index in [1.54, 1.807) is 7.05 Å². The van der Waals surface area contributed by atoms with Crippen LogP contribution in [0.4, 0.5) is 0 Å². The highest BCUT2D eigenvalue weighted by Crippen LogP contribution is 2.36. The summed E-state index contributed by atoms with van der Waals surface area (Å²) >= 11 is 0. The zero-order valence-corrected chi connectivity index (χ0v) is 12.5. The summed E-state index contributed by atoms with van der Waals surface area (Å²) in [5.74, 6) is 0.692. The van der Waals surface area contributed by atoms with Crippen molar-refractivity contribution in [1.29, 1.82) is 0 Å². The molecule has 5 nitrogen and oxygen atoms in total. The minimum Gasteiger partial charge on any atom is -0.384 e. The van der Waals surface area contributed by atoms with Crippen LogP contribution in [0.1, 0.15) is 32.6 Å². The normalized spacial score (nSPS) is 29.7. The maximum atomic E-state index is 12.2. The smallest absolute Gasteiger partial charge is 0.216 e. The summed E-state index contributed by atoms with van der Waals surface area (Å²) in [4.78, 5) is 0. The molecule has 0 aromatic heterocycles. The molecule has 1 fully saturated rings. The molecule has 108 valence electrons. The Hall–Kier alpha value is -0.170. The van der Waals surface area contributed by atoms with E-state index in [0.29, 0.717) is 12.5 Å². The predicted octanol–water partition coefficient (Wildman–Crippen LogP) is 0.802. The van der Waals surface area contributed by atoms with Crippen molar-refractivity contribution in [2.24, 2.45) is 11.7 Å². The van der Waals surface area contributed by atoms with Gasteiger partial charge in [-0.15, -0.1) is 0 Å². The lowest BCUT2D eigenvalue weighted by Crippen LogP contribution is -2.56. The van der Waals surface area contributed by atoms with Crippen molar-refractivity contribution in [3.05, 3.63) is 0 Å². The molecular weight excluding hydrogens is 252 g/mol. The van der Waals surface area contributed by atoms with Crippen LogP contribution in [0.2, 0.25) is 0 Å². The summed E-state index contributed by atoms with van der Waals surface area (Å²) < 4.78 is 30.8. The van der Waals surface area contributed by atoms with E-state index >= 15 is 0 Å². The first-order valence-corrected chi connectivity index (χ1v) is 8.14. The van der Waals surface area contributed by atoms with E-state index in [2.05, 4.69) is 6.92 Å². The highest BCUT2D eigenvalue weighted by Gasteiger charge is 2.41. The Morgan fingerprint density at radius 1 is 1.39 bits per heavy atom. The van der Waals surface area contributed by atoms with Crippen LogP contribution < -0.4 is 5.73 Å². The number of nitrogens with zero attached hydrogens (tertiary/aromatic N) is 1. The zero-order valence-electron chi connectivity index (χ0n) is 11.7. The molecule has 1 saturated carbocycles. The van der Waals surface area contributed by atoms with E-state index in [1.807, 2.05) is 0 Å².